The fraction of sp³-hybridized carbons (Fsp3) is 1.00. The van der Waals surface area contributed by atoms with Crippen LogP contribution in [0.2, 0.25) is 0 Å². The molecule has 0 aromatic carbocycles. The van der Waals surface area contributed by atoms with Crippen LogP contribution in [-0.4, -0.2) is 51.1 Å². The Hall–Kier alpha value is -0.200. The second-order valence-electron chi connectivity index (χ2n) is 4.27. The number of fused-ring (bicyclic) bond motifs is 1. The van der Waals surface area contributed by atoms with Gasteiger partial charge in [-0.1, -0.05) is 0 Å². The molecule has 2 rings (SSSR count). The van der Waals surface area contributed by atoms with Crippen LogP contribution in [0.4, 0.5) is 0 Å². The highest BCUT2D eigenvalue weighted by molar-refractivity contribution is 4.95. The van der Waals surface area contributed by atoms with Crippen molar-refractivity contribution in [2.45, 2.75) is 37.6 Å². The monoisotopic (exact) mass is 217 g/mol. The van der Waals surface area contributed by atoms with Crippen LogP contribution in [0.5, 0.6) is 0 Å². The van der Waals surface area contributed by atoms with Gasteiger partial charge in [0.25, 0.3) is 0 Å². The number of rotatable bonds is 2. The zero-order valence-electron chi connectivity index (χ0n) is 9.70. The van der Waals surface area contributed by atoms with Crippen molar-refractivity contribution in [2.75, 3.05) is 27.3 Å². The van der Waals surface area contributed by atoms with Crippen molar-refractivity contribution in [3.05, 3.63) is 0 Å². The highest BCUT2D eigenvalue weighted by Gasteiger charge is 2.57. The van der Waals surface area contributed by atoms with E-state index in [0.717, 1.165) is 13.1 Å². The van der Waals surface area contributed by atoms with E-state index in [4.69, 9.17) is 18.9 Å². The van der Waals surface area contributed by atoms with Gasteiger partial charge in [0.2, 0.25) is 11.6 Å². The van der Waals surface area contributed by atoms with Crippen LogP contribution in [-0.2, 0) is 18.9 Å². The molecule has 0 aromatic heterocycles. The van der Waals surface area contributed by atoms with Crippen molar-refractivity contribution in [1.29, 1.82) is 0 Å². The van der Waals surface area contributed by atoms with Crippen molar-refractivity contribution in [2.24, 2.45) is 0 Å². The molecule has 0 aliphatic carbocycles. The smallest absolute Gasteiger partial charge is 0.220 e. The van der Waals surface area contributed by atoms with Gasteiger partial charge in [0.05, 0.1) is 0 Å². The predicted octanol–water partition coefficient (Wildman–Crippen LogP) is 0.0988. The molecule has 2 aliphatic heterocycles. The first-order chi connectivity index (χ1) is 7.04. The minimum atomic E-state index is -0.866. The molecule has 0 spiro atoms. The lowest BCUT2D eigenvalue weighted by atomic mass is 10.1. The lowest BCUT2D eigenvalue weighted by Gasteiger charge is -2.50. The summed E-state index contributed by atoms with van der Waals surface area (Å²) in [6.07, 6.45) is 0.0800. The van der Waals surface area contributed by atoms with Gasteiger partial charge in [0, 0.05) is 27.3 Å². The molecule has 4 atom stereocenters. The minimum Gasteiger partial charge on any atom is -0.349 e. The Morgan fingerprint density at radius 1 is 1.00 bits per heavy atom. The summed E-state index contributed by atoms with van der Waals surface area (Å²) in [5.41, 5.74) is 0. The van der Waals surface area contributed by atoms with E-state index in [2.05, 4.69) is 5.32 Å². The van der Waals surface area contributed by atoms with Crippen LogP contribution < -0.4 is 5.32 Å². The normalized spacial score (nSPS) is 50.4. The molecule has 5 nitrogen and oxygen atoms in total. The standard InChI is InChI=1S/C10H19NO4/c1-9(12-3)10(2,13-4)15-8-6-11-5-7(8)14-9/h7-8,11H,5-6H2,1-4H3/t7-,8-,9+,10+/m0/s1. The van der Waals surface area contributed by atoms with Crippen LogP contribution in [0.3, 0.4) is 0 Å². The number of hydrogen-bond acceptors (Lipinski definition) is 5. The highest BCUT2D eigenvalue weighted by Crippen LogP contribution is 2.39. The summed E-state index contributed by atoms with van der Waals surface area (Å²) in [7, 11) is 3.20. The summed E-state index contributed by atoms with van der Waals surface area (Å²) < 4.78 is 22.6. The van der Waals surface area contributed by atoms with E-state index >= 15 is 0 Å². The SMILES string of the molecule is CO[C@]1(C)O[C@H]2CNC[C@@H]2O[C@@]1(C)OC. The molecule has 2 fully saturated rings. The van der Waals surface area contributed by atoms with Crippen LogP contribution in [0, 0.1) is 0 Å². The molecule has 2 heterocycles. The van der Waals surface area contributed by atoms with E-state index in [0.29, 0.717) is 0 Å². The van der Waals surface area contributed by atoms with Crippen molar-refractivity contribution in [3.63, 3.8) is 0 Å². The molecule has 0 amide bonds. The van der Waals surface area contributed by atoms with Crippen molar-refractivity contribution < 1.29 is 18.9 Å². The first-order valence-corrected chi connectivity index (χ1v) is 5.21. The van der Waals surface area contributed by atoms with Gasteiger partial charge in [0.15, 0.2) is 0 Å². The Morgan fingerprint density at radius 3 is 1.73 bits per heavy atom. The van der Waals surface area contributed by atoms with E-state index in [1.807, 2.05) is 13.8 Å². The molecule has 0 aromatic rings. The summed E-state index contributed by atoms with van der Waals surface area (Å²) >= 11 is 0. The average Bonchev–Trinajstić information content (AvgIpc) is 2.65. The minimum absolute atomic E-state index is 0.0400. The third kappa shape index (κ3) is 1.59. The second kappa shape index (κ2) is 3.68. The molecular weight excluding hydrogens is 198 g/mol. The fourth-order valence-electron chi connectivity index (χ4n) is 2.12. The largest absolute Gasteiger partial charge is 0.349 e. The Kier molecular flexibility index (Phi) is 2.77. The van der Waals surface area contributed by atoms with E-state index < -0.39 is 11.6 Å². The topological polar surface area (TPSA) is 49.0 Å². The van der Waals surface area contributed by atoms with Gasteiger partial charge >= 0.3 is 0 Å². The third-order valence-electron chi connectivity index (χ3n) is 3.46. The maximum atomic E-state index is 5.92. The Bertz CT molecular complexity index is 226. The number of nitrogens with one attached hydrogen (secondary N) is 1. The van der Waals surface area contributed by atoms with E-state index in [1.165, 1.54) is 0 Å². The quantitative estimate of drug-likeness (QED) is 0.711. The lowest BCUT2D eigenvalue weighted by molar-refractivity contribution is -0.441. The lowest BCUT2D eigenvalue weighted by Crippen LogP contribution is -2.64. The highest BCUT2D eigenvalue weighted by atomic mass is 16.8. The molecule has 2 aliphatic rings. The number of hydrogen-bond donors (Lipinski definition) is 1. The van der Waals surface area contributed by atoms with Gasteiger partial charge < -0.3 is 24.3 Å². The Balaban J connectivity index is 2.22. The maximum Gasteiger partial charge on any atom is 0.220 e. The molecular formula is C10H19NO4. The van der Waals surface area contributed by atoms with Crippen LogP contribution in [0.25, 0.3) is 0 Å². The molecule has 2 saturated heterocycles. The van der Waals surface area contributed by atoms with E-state index in [1.54, 1.807) is 14.2 Å². The molecule has 5 heteroatoms. The summed E-state index contributed by atoms with van der Waals surface area (Å²) in [6.45, 7) is 5.27. The first-order valence-electron chi connectivity index (χ1n) is 5.21. The molecule has 15 heavy (non-hydrogen) atoms. The van der Waals surface area contributed by atoms with Gasteiger partial charge in [0.1, 0.15) is 12.2 Å². The van der Waals surface area contributed by atoms with Crippen molar-refractivity contribution >= 4 is 0 Å². The molecule has 0 saturated carbocycles. The molecule has 0 bridgehead atoms. The summed E-state index contributed by atoms with van der Waals surface area (Å²) in [5.74, 6) is -1.73. The molecule has 1 N–H and O–H groups in total. The van der Waals surface area contributed by atoms with E-state index in [9.17, 15) is 0 Å². The van der Waals surface area contributed by atoms with Crippen LogP contribution >= 0.6 is 0 Å². The van der Waals surface area contributed by atoms with Gasteiger partial charge in [-0.15, -0.1) is 0 Å². The zero-order valence-corrected chi connectivity index (χ0v) is 9.70. The summed E-state index contributed by atoms with van der Waals surface area (Å²) in [4.78, 5) is 0. The Labute approximate surface area is 90.0 Å². The average molecular weight is 217 g/mol. The first kappa shape index (κ1) is 11.3. The number of ether oxygens (including phenoxy) is 4. The zero-order chi connectivity index (χ0) is 11.1. The Morgan fingerprint density at radius 2 is 1.40 bits per heavy atom. The molecule has 88 valence electrons. The molecule has 0 radical (unpaired) electrons. The fourth-order valence-corrected chi connectivity index (χ4v) is 2.12. The van der Waals surface area contributed by atoms with Crippen molar-refractivity contribution in [1.82, 2.24) is 5.32 Å². The van der Waals surface area contributed by atoms with Gasteiger partial charge in [-0.05, 0) is 13.8 Å². The number of methoxy groups -OCH3 is 2. The summed E-state index contributed by atoms with van der Waals surface area (Å²) in [5, 5.41) is 3.23. The van der Waals surface area contributed by atoms with Gasteiger partial charge in [-0.25, -0.2) is 0 Å². The van der Waals surface area contributed by atoms with Gasteiger partial charge in [-0.2, -0.15) is 0 Å². The molecule has 0 unspecified atom stereocenters. The van der Waals surface area contributed by atoms with Crippen LogP contribution in [0.1, 0.15) is 13.8 Å². The predicted molar refractivity (Wildman–Crippen MR) is 53.4 cm³/mol. The second-order valence-corrected chi connectivity index (χ2v) is 4.27. The van der Waals surface area contributed by atoms with E-state index in [-0.39, 0.29) is 12.2 Å². The van der Waals surface area contributed by atoms with Gasteiger partial charge in [-0.3, -0.25) is 0 Å². The van der Waals surface area contributed by atoms with Crippen molar-refractivity contribution in [3.8, 4) is 0 Å². The maximum absolute atomic E-state index is 5.92. The third-order valence-corrected chi connectivity index (χ3v) is 3.46. The van der Waals surface area contributed by atoms with Crippen LogP contribution in [0.15, 0.2) is 0 Å². The summed E-state index contributed by atoms with van der Waals surface area (Å²) in [6, 6.07) is 0.